The maximum absolute atomic E-state index is 11.5. The molecule has 1 rings (SSSR count). The van der Waals surface area contributed by atoms with Crippen molar-refractivity contribution in [2.75, 3.05) is 13.2 Å². The van der Waals surface area contributed by atoms with Crippen LogP contribution in [0.4, 0.5) is 4.79 Å². The Balaban J connectivity index is 2.32. The van der Waals surface area contributed by atoms with Gasteiger partial charge in [0, 0.05) is 4.88 Å². The number of ether oxygens (including phenoxy) is 1. The standard InChI is InChI=1S/C11H13ClN2O5S/c1-6(7-2-3-8(12)20-7)13-11(18)14-9(15)4-19-5-10(16)17/h2-3,6H,4-5H2,1H3,(H,16,17)(H2,13,14,15,18). The molecule has 7 nitrogen and oxygen atoms in total. The van der Waals surface area contributed by atoms with Crippen molar-refractivity contribution in [3.8, 4) is 0 Å². The van der Waals surface area contributed by atoms with E-state index in [2.05, 4.69) is 10.1 Å². The third-order valence-electron chi connectivity index (χ3n) is 2.08. The molecule has 0 saturated heterocycles. The summed E-state index contributed by atoms with van der Waals surface area (Å²) in [6.07, 6.45) is 0. The molecule has 1 unspecified atom stereocenters. The summed E-state index contributed by atoms with van der Waals surface area (Å²) in [7, 11) is 0. The van der Waals surface area contributed by atoms with Crippen molar-refractivity contribution >= 4 is 40.8 Å². The van der Waals surface area contributed by atoms with Crippen molar-refractivity contribution in [1.82, 2.24) is 10.6 Å². The zero-order valence-corrected chi connectivity index (χ0v) is 12.1. The number of imide groups is 1. The predicted octanol–water partition coefficient (Wildman–Crippen LogP) is 1.39. The summed E-state index contributed by atoms with van der Waals surface area (Å²) < 4.78 is 5.15. The van der Waals surface area contributed by atoms with Crippen LogP contribution < -0.4 is 10.6 Å². The minimum Gasteiger partial charge on any atom is -0.480 e. The maximum Gasteiger partial charge on any atom is 0.329 e. The lowest BCUT2D eigenvalue weighted by molar-refractivity contribution is -0.143. The normalized spacial score (nSPS) is 11.7. The van der Waals surface area contributed by atoms with E-state index in [1.54, 1.807) is 19.1 Å². The summed E-state index contributed by atoms with van der Waals surface area (Å²) in [5, 5.41) is 12.9. The van der Waals surface area contributed by atoms with Gasteiger partial charge < -0.3 is 15.2 Å². The van der Waals surface area contributed by atoms with Crippen LogP contribution in [0.2, 0.25) is 4.34 Å². The number of hydrogen-bond acceptors (Lipinski definition) is 5. The van der Waals surface area contributed by atoms with Gasteiger partial charge >= 0.3 is 12.0 Å². The van der Waals surface area contributed by atoms with E-state index in [9.17, 15) is 14.4 Å². The minimum atomic E-state index is -1.19. The van der Waals surface area contributed by atoms with E-state index in [4.69, 9.17) is 16.7 Å². The van der Waals surface area contributed by atoms with Crippen molar-refractivity contribution in [3.63, 3.8) is 0 Å². The highest BCUT2D eigenvalue weighted by molar-refractivity contribution is 7.16. The number of carbonyl (C=O) groups excluding carboxylic acids is 2. The Kier molecular flexibility index (Phi) is 6.43. The van der Waals surface area contributed by atoms with Gasteiger partial charge in [0.2, 0.25) is 0 Å². The molecule has 3 amide bonds. The smallest absolute Gasteiger partial charge is 0.329 e. The minimum absolute atomic E-state index is 0.305. The number of halogens is 1. The van der Waals surface area contributed by atoms with Gasteiger partial charge in [-0.15, -0.1) is 11.3 Å². The zero-order chi connectivity index (χ0) is 15.1. The third-order valence-corrected chi connectivity index (χ3v) is 3.49. The van der Waals surface area contributed by atoms with Gasteiger partial charge in [-0.1, -0.05) is 11.6 Å². The number of carboxylic acids is 1. The summed E-state index contributed by atoms with van der Waals surface area (Å²) in [4.78, 5) is 33.8. The van der Waals surface area contributed by atoms with E-state index < -0.39 is 31.1 Å². The molecule has 0 saturated carbocycles. The fourth-order valence-corrected chi connectivity index (χ4v) is 2.32. The van der Waals surface area contributed by atoms with E-state index in [1.165, 1.54) is 11.3 Å². The summed E-state index contributed by atoms with van der Waals surface area (Å²) in [6.45, 7) is 0.644. The van der Waals surface area contributed by atoms with Gasteiger partial charge in [-0.25, -0.2) is 9.59 Å². The quantitative estimate of drug-likeness (QED) is 0.734. The van der Waals surface area contributed by atoms with Crippen molar-refractivity contribution in [2.24, 2.45) is 0 Å². The molecule has 0 aromatic carbocycles. The highest BCUT2D eigenvalue weighted by Gasteiger charge is 2.14. The number of aliphatic carboxylic acids is 1. The van der Waals surface area contributed by atoms with Crippen molar-refractivity contribution in [3.05, 3.63) is 21.3 Å². The second-order valence-corrected chi connectivity index (χ2v) is 5.52. The molecule has 9 heteroatoms. The number of hydrogen-bond donors (Lipinski definition) is 3. The number of nitrogens with one attached hydrogen (secondary N) is 2. The van der Waals surface area contributed by atoms with Gasteiger partial charge in [-0.2, -0.15) is 0 Å². The first-order valence-corrected chi connectivity index (χ1v) is 6.73. The van der Waals surface area contributed by atoms with Crippen LogP contribution in [0.15, 0.2) is 12.1 Å². The fraction of sp³-hybridized carbons (Fsp3) is 0.364. The Morgan fingerprint density at radius 1 is 1.40 bits per heavy atom. The summed E-state index contributed by atoms with van der Waals surface area (Å²) in [5.41, 5.74) is 0. The molecule has 0 spiro atoms. The Bertz CT molecular complexity index is 505. The van der Waals surface area contributed by atoms with E-state index in [0.29, 0.717) is 4.34 Å². The zero-order valence-electron chi connectivity index (χ0n) is 10.5. The topological polar surface area (TPSA) is 105 Å². The molecular formula is C11H13ClN2O5S. The Morgan fingerprint density at radius 3 is 2.65 bits per heavy atom. The average molecular weight is 321 g/mol. The molecule has 0 bridgehead atoms. The SMILES string of the molecule is CC(NC(=O)NC(=O)COCC(=O)O)c1ccc(Cl)s1. The van der Waals surface area contributed by atoms with Gasteiger partial charge in [0.1, 0.15) is 13.2 Å². The largest absolute Gasteiger partial charge is 0.480 e. The number of urea groups is 1. The molecule has 0 aliphatic rings. The van der Waals surface area contributed by atoms with E-state index in [0.717, 1.165) is 4.88 Å². The lowest BCUT2D eigenvalue weighted by Crippen LogP contribution is -2.42. The number of amides is 3. The Labute approximate surface area is 123 Å². The predicted molar refractivity (Wildman–Crippen MR) is 72.9 cm³/mol. The molecule has 0 radical (unpaired) electrons. The fourth-order valence-electron chi connectivity index (χ4n) is 1.26. The van der Waals surface area contributed by atoms with E-state index in [1.807, 2.05) is 5.32 Å². The van der Waals surface area contributed by atoms with Crippen molar-refractivity contribution in [2.45, 2.75) is 13.0 Å². The molecule has 1 aromatic heterocycles. The van der Waals surface area contributed by atoms with Gasteiger partial charge in [0.25, 0.3) is 5.91 Å². The van der Waals surface area contributed by atoms with Crippen LogP contribution in [-0.4, -0.2) is 36.2 Å². The average Bonchev–Trinajstić information content (AvgIpc) is 2.75. The first-order chi connectivity index (χ1) is 9.38. The molecular weight excluding hydrogens is 308 g/mol. The number of thiophene rings is 1. The summed E-state index contributed by atoms with van der Waals surface area (Å²) in [5.74, 6) is -1.91. The lowest BCUT2D eigenvalue weighted by Gasteiger charge is -2.12. The van der Waals surface area contributed by atoms with Crippen LogP contribution in [0.3, 0.4) is 0 Å². The lowest BCUT2D eigenvalue weighted by atomic mass is 10.3. The molecule has 0 aliphatic heterocycles. The molecule has 0 fully saturated rings. The van der Waals surface area contributed by atoms with Crippen molar-refractivity contribution < 1.29 is 24.2 Å². The summed E-state index contributed by atoms with van der Waals surface area (Å²) >= 11 is 7.10. The number of carboxylic acid groups (broad SMARTS) is 1. The highest BCUT2D eigenvalue weighted by atomic mass is 35.5. The van der Waals surface area contributed by atoms with Gasteiger partial charge in [0.15, 0.2) is 0 Å². The van der Waals surface area contributed by atoms with Gasteiger partial charge in [0.05, 0.1) is 10.4 Å². The van der Waals surface area contributed by atoms with Crippen LogP contribution in [0.5, 0.6) is 0 Å². The highest BCUT2D eigenvalue weighted by Crippen LogP contribution is 2.26. The Hall–Kier alpha value is -1.64. The molecule has 3 N–H and O–H groups in total. The first-order valence-electron chi connectivity index (χ1n) is 5.53. The molecule has 1 atom stereocenters. The molecule has 20 heavy (non-hydrogen) atoms. The van der Waals surface area contributed by atoms with Crippen LogP contribution in [-0.2, 0) is 14.3 Å². The summed E-state index contributed by atoms with van der Waals surface area (Å²) in [6, 6.07) is 2.49. The van der Waals surface area contributed by atoms with Crippen LogP contribution in [0.25, 0.3) is 0 Å². The van der Waals surface area contributed by atoms with E-state index in [-0.39, 0.29) is 6.04 Å². The second kappa shape index (κ2) is 7.83. The molecule has 110 valence electrons. The van der Waals surface area contributed by atoms with Gasteiger partial charge in [-0.05, 0) is 19.1 Å². The van der Waals surface area contributed by atoms with Crippen LogP contribution >= 0.6 is 22.9 Å². The molecule has 1 aromatic rings. The van der Waals surface area contributed by atoms with E-state index >= 15 is 0 Å². The monoisotopic (exact) mass is 320 g/mol. The van der Waals surface area contributed by atoms with Crippen LogP contribution in [0.1, 0.15) is 17.8 Å². The molecule has 0 aliphatic carbocycles. The second-order valence-electron chi connectivity index (χ2n) is 3.77. The van der Waals surface area contributed by atoms with Crippen LogP contribution in [0, 0.1) is 0 Å². The third kappa shape index (κ3) is 6.00. The number of rotatable bonds is 6. The maximum atomic E-state index is 11.5. The molecule has 1 heterocycles. The van der Waals surface area contributed by atoms with Crippen molar-refractivity contribution in [1.29, 1.82) is 0 Å². The number of carbonyl (C=O) groups is 3. The van der Waals surface area contributed by atoms with Gasteiger partial charge in [-0.3, -0.25) is 10.1 Å². The Morgan fingerprint density at radius 2 is 2.10 bits per heavy atom. The first kappa shape index (κ1) is 16.4.